The predicted octanol–water partition coefficient (Wildman–Crippen LogP) is 4.24. The van der Waals surface area contributed by atoms with Gasteiger partial charge in [0, 0.05) is 22.7 Å². The van der Waals surface area contributed by atoms with E-state index in [0.29, 0.717) is 11.1 Å². The van der Waals surface area contributed by atoms with Crippen molar-refractivity contribution in [1.29, 1.82) is 0 Å². The van der Waals surface area contributed by atoms with Crippen LogP contribution in [0.1, 0.15) is 35.7 Å². The number of aromatic amines is 1. The maximum Gasteiger partial charge on any atom is 0.333 e. The number of aliphatic carboxylic acids is 1. The summed E-state index contributed by atoms with van der Waals surface area (Å²) < 4.78 is 2.38. The Kier molecular flexibility index (Phi) is 5.17. The number of para-hydroxylation sites is 1. The van der Waals surface area contributed by atoms with Crippen molar-refractivity contribution in [2.45, 2.75) is 25.9 Å². The summed E-state index contributed by atoms with van der Waals surface area (Å²) in [6.07, 6.45) is 1.87. The van der Waals surface area contributed by atoms with Crippen LogP contribution in [0.5, 0.6) is 0 Å². The first-order chi connectivity index (χ1) is 16.4. The summed E-state index contributed by atoms with van der Waals surface area (Å²) >= 11 is 0. The molecule has 0 aliphatic rings. The Morgan fingerprint density at radius 2 is 1.62 bits per heavy atom. The Balaban J connectivity index is 1.85. The van der Waals surface area contributed by atoms with Gasteiger partial charge in [0.15, 0.2) is 6.04 Å². The van der Waals surface area contributed by atoms with Gasteiger partial charge in [-0.1, -0.05) is 54.6 Å². The Morgan fingerprint density at radius 3 is 2.35 bits per heavy atom. The van der Waals surface area contributed by atoms with Crippen LogP contribution in [0.2, 0.25) is 0 Å². The van der Waals surface area contributed by atoms with Crippen molar-refractivity contribution in [1.82, 2.24) is 14.1 Å². The highest BCUT2D eigenvalue weighted by atomic mass is 16.4. The molecule has 0 bridgehead atoms. The third-order valence-corrected chi connectivity index (χ3v) is 6.41. The van der Waals surface area contributed by atoms with E-state index in [4.69, 9.17) is 0 Å². The van der Waals surface area contributed by atoms with Gasteiger partial charge < -0.3 is 10.1 Å². The highest BCUT2D eigenvalue weighted by molar-refractivity contribution is 5.87. The molecule has 2 N–H and O–H groups in total. The van der Waals surface area contributed by atoms with Crippen LogP contribution < -0.4 is 11.2 Å². The molecule has 0 saturated heterocycles. The first-order valence-corrected chi connectivity index (χ1v) is 11.0. The molecule has 1 unspecified atom stereocenters. The number of aromatic nitrogens is 3. The van der Waals surface area contributed by atoms with Crippen molar-refractivity contribution >= 4 is 27.8 Å². The van der Waals surface area contributed by atoms with Crippen LogP contribution in [-0.2, 0) is 4.79 Å². The van der Waals surface area contributed by atoms with E-state index in [0.717, 1.165) is 26.6 Å². The number of hydrogen-bond donors (Lipinski definition) is 2. The largest absolute Gasteiger partial charge is 0.479 e. The first-order valence-electron chi connectivity index (χ1n) is 11.0. The lowest BCUT2D eigenvalue weighted by molar-refractivity contribution is -0.139. The lowest BCUT2D eigenvalue weighted by Gasteiger charge is -2.23. The van der Waals surface area contributed by atoms with Crippen molar-refractivity contribution in [3.63, 3.8) is 0 Å². The van der Waals surface area contributed by atoms with Gasteiger partial charge in [0.05, 0.1) is 16.9 Å². The number of rotatable bonds is 5. The zero-order valence-corrected chi connectivity index (χ0v) is 18.7. The van der Waals surface area contributed by atoms with E-state index < -0.39 is 29.3 Å². The average Bonchev–Trinajstić information content (AvgIpc) is 3.28. The molecular weight excluding hydrogens is 430 g/mol. The van der Waals surface area contributed by atoms with Crippen LogP contribution in [0, 0.1) is 6.92 Å². The van der Waals surface area contributed by atoms with E-state index in [2.05, 4.69) is 4.98 Å². The van der Waals surface area contributed by atoms with E-state index in [9.17, 15) is 19.5 Å². The van der Waals surface area contributed by atoms with Crippen LogP contribution in [0.3, 0.4) is 0 Å². The van der Waals surface area contributed by atoms with Crippen molar-refractivity contribution in [2.75, 3.05) is 0 Å². The van der Waals surface area contributed by atoms with Gasteiger partial charge in [-0.25, -0.2) is 14.2 Å². The molecule has 0 spiro atoms. The fourth-order valence-electron chi connectivity index (χ4n) is 4.81. The number of carbonyl (C=O) groups is 1. The van der Waals surface area contributed by atoms with Crippen LogP contribution >= 0.6 is 0 Å². The minimum absolute atomic E-state index is 0.285. The fraction of sp³-hybridized carbons (Fsp3) is 0.148. The normalized spacial score (nSPS) is 13.2. The molecule has 5 aromatic rings. The van der Waals surface area contributed by atoms with Gasteiger partial charge in [0.25, 0.3) is 5.56 Å². The lowest BCUT2D eigenvalue weighted by atomic mass is 10.0. The molecule has 2 aromatic heterocycles. The van der Waals surface area contributed by atoms with Crippen LogP contribution in [0.15, 0.2) is 88.6 Å². The maximum atomic E-state index is 13.9. The zero-order valence-electron chi connectivity index (χ0n) is 18.7. The minimum Gasteiger partial charge on any atom is -0.479 e. The number of nitrogens with zero attached hydrogens (tertiary/aromatic N) is 2. The van der Waals surface area contributed by atoms with E-state index >= 15 is 0 Å². The molecular formula is C27H23N3O4. The molecule has 7 nitrogen and oxygen atoms in total. The minimum atomic E-state index is -1.45. The average molecular weight is 453 g/mol. The van der Waals surface area contributed by atoms with Crippen molar-refractivity contribution in [2.24, 2.45) is 0 Å². The van der Waals surface area contributed by atoms with Crippen LogP contribution in [0.4, 0.5) is 0 Å². The molecule has 0 radical (unpaired) electrons. The Labute approximate surface area is 194 Å². The topological polar surface area (TPSA) is 97.1 Å². The van der Waals surface area contributed by atoms with Crippen molar-refractivity contribution in [3.8, 4) is 0 Å². The molecule has 0 aliphatic carbocycles. The molecule has 0 fully saturated rings. The molecule has 2 heterocycles. The number of carboxylic acid groups (broad SMARTS) is 1. The van der Waals surface area contributed by atoms with Gasteiger partial charge in [-0.3, -0.25) is 9.36 Å². The number of aryl methyl sites for hydroxylation is 1. The molecule has 0 saturated carbocycles. The molecule has 170 valence electrons. The van der Waals surface area contributed by atoms with E-state index in [1.165, 1.54) is 4.57 Å². The molecule has 2 atom stereocenters. The molecule has 7 heteroatoms. The van der Waals surface area contributed by atoms with Gasteiger partial charge in [0.1, 0.15) is 0 Å². The highest BCUT2D eigenvalue weighted by Crippen LogP contribution is 2.30. The molecule has 0 aliphatic heterocycles. The smallest absolute Gasteiger partial charge is 0.333 e. The quantitative estimate of drug-likeness (QED) is 0.416. The number of carboxylic acids is 1. The first kappa shape index (κ1) is 21.5. The van der Waals surface area contributed by atoms with E-state index in [1.807, 2.05) is 38.2 Å². The van der Waals surface area contributed by atoms with E-state index in [-0.39, 0.29) is 5.39 Å². The highest BCUT2D eigenvalue weighted by Gasteiger charge is 2.29. The summed E-state index contributed by atoms with van der Waals surface area (Å²) in [4.78, 5) is 43.0. The lowest BCUT2D eigenvalue weighted by Crippen LogP contribution is -2.45. The molecule has 0 amide bonds. The predicted molar refractivity (Wildman–Crippen MR) is 132 cm³/mol. The van der Waals surface area contributed by atoms with Gasteiger partial charge in [-0.05, 0) is 43.2 Å². The van der Waals surface area contributed by atoms with Gasteiger partial charge in [-0.2, -0.15) is 0 Å². The number of benzene rings is 3. The van der Waals surface area contributed by atoms with Crippen molar-refractivity contribution < 1.29 is 9.90 Å². The van der Waals surface area contributed by atoms with Crippen LogP contribution in [0.25, 0.3) is 21.8 Å². The Hall–Kier alpha value is -4.39. The SMILES string of the molecule is Cc1cccc2[nH]cc(C(C)n3c(=O)n([C@@H](C(=O)O)c4ccccc4)c(=O)c4ccccc43)c12. The maximum absolute atomic E-state index is 13.9. The monoisotopic (exact) mass is 453 g/mol. The second-order valence-corrected chi connectivity index (χ2v) is 8.41. The number of nitrogens with one attached hydrogen (secondary N) is 1. The molecule has 5 rings (SSSR count). The van der Waals surface area contributed by atoms with Crippen LogP contribution in [-0.4, -0.2) is 25.2 Å². The zero-order chi connectivity index (χ0) is 24.0. The number of H-pyrrole nitrogens is 1. The van der Waals surface area contributed by atoms with Gasteiger partial charge >= 0.3 is 11.7 Å². The summed E-state index contributed by atoms with van der Waals surface area (Å²) in [6, 6.07) is 19.2. The summed E-state index contributed by atoms with van der Waals surface area (Å²) in [5, 5.41) is 11.4. The fourth-order valence-corrected chi connectivity index (χ4v) is 4.81. The summed E-state index contributed by atoms with van der Waals surface area (Å²) in [5.41, 5.74) is 2.40. The molecule has 3 aromatic carbocycles. The Morgan fingerprint density at radius 1 is 0.912 bits per heavy atom. The third-order valence-electron chi connectivity index (χ3n) is 6.41. The second kappa shape index (κ2) is 8.19. The second-order valence-electron chi connectivity index (χ2n) is 8.41. The van der Waals surface area contributed by atoms with E-state index in [1.54, 1.807) is 54.6 Å². The third kappa shape index (κ3) is 3.25. The summed E-state index contributed by atoms with van der Waals surface area (Å²) in [6.45, 7) is 3.89. The molecule has 34 heavy (non-hydrogen) atoms. The number of hydrogen-bond acceptors (Lipinski definition) is 3. The summed E-state index contributed by atoms with van der Waals surface area (Å²) in [7, 11) is 0. The Bertz CT molecular complexity index is 1660. The number of fused-ring (bicyclic) bond motifs is 2. The summed E-state index contributed by atoms with van der Waals surface area (Å²) in [5.74, 6) is -1.28. The van der Waals surface area contributed by atoms with Gasteiger partial charge in [0.2, 0.25) is 0 Å². The van der Waals surface area contributed by atoms with Gasteiger partial charge in [-0.15, -0.1) is 0 Å². The standard InChI is InChI=1S/C27H23N3O4/c1-16-9-8-13-21-23(16)20(15-28-21)17(2)29-22-14-7-6-12-19(22)25(31)30(27(29)34)24(26(32)33)18-10-4-3-5-11-18/h3-15,17,24,28H,1-2H3,(H,32,33)/t17?,24-/m1/s1. The van der Waals surface area contributed by atoms with Crippen molar-refractivity contribution in [3.05, 3.63) is 117 Å².